The van der Waals surface area contributed by atoms with Crippen LogP contribution in [0.3, 0.4) is 0 Å². The summed E-state index contributed by atoms with van der Waals surface area (Å²) in [6.07, 6.45) is 6.81. The van der Waals surface area contributed by atoms with E-state index in [1.165, 1.54) is 4.31 Å². The molecule has 0 bridgehead atoms. The lowest BCUT2D eigenvalue weighted by molar-refractivity contribution is -0.134. The van der Waals surface area contributed by atoms with Gasteiger partial charge >= 0.3 is 6.03 Å². The third-order valence-electron chi connectivity index (χ3n) is 11.6. The molecule has 3 heterocycles. The quantitative estimate of drug-likeness (QED) is 0.146. The minimum atomic E-state index is -0.945. The molecular formula is C40H51Cl2N7O5S. The molecular weight excluding hydrogens is 761 g/mol. The minimum absolute atomic E-state index is 0. The van der Waals surface area contributed by atoms with Crippen LogP contribution in [0.4, 0.5) is 10.5 Å². The van der Waals surface area contributed by atoms with Crippen molar-refractivity contribution in [2.24, 2.45) is 5.92 Å². The van der Waals surface area contributed by atoms with E-state index in [2.05, 4.69) is 34.3 Å². The molecule has 1 saturated carbocycles. The zero-order chi connectivity index (χ0) is 38.7. The number of nitrogens with one attached hydrogen (secondary N) is 2. The highest BCUT2D eigenvalue weighted by Gasteiger charge is 2.54. The zero-order valence-corrected chi connectivity index (χ0v) is 34.3. The van der Waals surface area contributed by atoms with Gasteiger partial charge in [-0.1, -0.05) is 23.7 Å². The van der Waals surface area contributed by atoms with Gasteiger partial charge in [-0.05, 0) is 133 Å². The summed E-state index contributed by atoms with van der Waals surface area (Å²) in [6.45, 7) is 11.1. The number of anilines is 1. The minimum Gasteiger partial charge on any atom is -0.325 e. The lowest BCUT2D eigenvalue weighted by atomic mass is 9.81. The predicted molar refractivity (Wildman–Crippen MR) is 215 cm³/mol. The van der Waals surface area contributed by atoms with Crippen molar-refractivity contribution < 1.29 is 24.0 Å². The second-order valence-electron chi connectivity index (χ2n) is 15.8. The standard InChI is InChI=1S/C40H50ClN7O5S.ClH/c1-25-22-45(23-26(2)46(25)24-36(50)43-30-12-9-28(10-13-30)33-17-18-35(49)44-37(33)51)19-5-6-27-7-14-31(15-8-27)47-39(53)48(38(52)40(47,3)4)54-32-16-11-29(21-42)34(41)20-32;/h9-13,16,20,25-27,31,33H,5-8,14-15,17-19,22-24H2,1-4H3,(H,43,50)(H,44,49,51);1H/t25-,26+,27?,31?,33?;. The number of rotatable bonds is 11. The van der Waals surface area contributed by atoms with Gasteiger partial charge in [0.2, 0.25) is 17.7 Å². The Kier molecular flexibility index (Phi) is 14.0. The van der Waals surface area contributed by atoms with Gasteiger partial charge in [0.05, 0.1) is 23.0 Å². The maximum atomic E-state index is 13.6. The van der Waals surface area contributed by atoms with Gasteiger partial charge in [-0.15, -0.1) is 12.4 Å². The first kappa shape index (κ1) is 42.5. The third-order valence-corrected chi connectivity index (χ3v) is 12.8. The van der Waals surface area contributed by atoms with E-state index in [1.54, 1.807) is 23.1 Å². The number of nitriles is 1. The second-order valence-corrected chi connectivity index (χ2v) is 17.2. The molecule has 2 aromatic carbocycles. The van der Waals surface area contributed by atoms with Crippen LogP contribution >= 0.6 is 36.0 Å². The van der Waals surface area contributed by atoms with Gasteiger partial charge < -0.3 is 15.1 Å². The number of hydrogen-bond donors (Lipinski definition) is 2. The van der Waals surface area contributed by atoms with Crippen LogP contribution in [-0.4, -0.2) is 98.5 Å². The first-order chi connectivity index (χ1) is 25.7. The molecule has 1 unspecified atom stereocenters. The van der Waals surface area contributed by atoms with E-state index in [-0.39, 0.29) is 71.1 Å². The molecule has 15 heteroatoms. The number of nitrogens with zero attached hydrogens (tertiary/aromatic N) is 5. The number of benzene rings is 2. The Hall–Kier alpha value is -3.67. The van der Waals surface area contributed by atoms with Gasteiger partial charge in [0.1, 0.15) is 11.6 Å². The molecule has 0 spiro atoms. The molecule has 1 aliphatic carbocycles. The van der Waals surface area contributed by atoms with E-state index in [1.807, 2.05) is 44.2 Å². The summed E-state index contributed by atoms with van der Waals surface area (Å²) in [5.74, 6) is -0.596. The maximum Gasteiger partial charge on any atom is 0.338 e. The summed E-state index contributed by atoms with van der Waals surface area (Å²) < 4.78 is 1.24. The van der Waals surface area contributed by atoms with E-state index in [0.29, 0.717) is 41.5 Å². The lowest BCUT2D eigenvalue weighted by Crippen LogP contribution is -2.58. The Morgan fingerprint density at radius 1 is 1.00 bits per heavy atom. The summed E-state index contributed by atoms with van der Waals surface area (Å²) in [4.78, 5) is 71.0. The van der Waals surface area contributed by atoms with E-state index in [9.17, 15) is 29.2 Å². The molecule has 2 N–H and O–H groups in total. The molecule has 2 aromatic rings. The molecule has 6 amide bonds. The molecule has 55 heavy (non-hydrogen) atoms. The average Bonchev–Trinajstić information content (AvgIpc) is 3.29. The van der Waals surface area contributed by atoms with Crippen LogP contribution in [0.2, 0.25) is 5.02 Å². The smallest absolute Gasteiger partial charge is 0.325 e. The Bertz CT molecular complexity index is 1800. The van der Waals surface area contributed by atoms with Crippen molar-refractivity contribution >= 4 is 71.3 Å². The van der Waals surface area contributed by atoms with Crippen LogP contribution in [0.5, 0.6) is 0 Å². The van der Waals surface area contributed by atoms with Crippen LogP contribution in [0.25, 0.3) is 0 Å². The zero-order valence-electron chi connectivity index (χ0n) is 31.9. The Morgan fingerprint density at radius 3 is 2.29 bits per heavy atom. The molecule has 296 valence electrons. The molecule has 0 radical (unpaired) electrons. The average molecular weight is 813 g/mol. The normalized spacial score (nSPS) is 26.0. The Morgan fingerprint density at radius 2 is 1.67 bits per heavy atom. The fourth-order valence-corrected chi connectivity index (χ4v) is 9.92. The van der Waals surface area contributed by atoms with Gasteiger partial charge in [-0.25, -0.2) is 4.79 Å². The summed E-state index contributed by atoms with van der Waals surface area (Å²) in [6, 6.07) is 14.4. The van der Waals surface area contributed by atoms with Crippen molar-refractivity contribution in [2.45, 2.75) is 114 Å². The molecule has 0 aromatic heterocycles. The van der Waals surface area contributed by atoms with Crippen LogP contribution < -0.4 is 10.6 Å². The van der Waals surface area contributed by atoms with E-state index in [4.69, 9.17) is 11.6 Å². The summed E-state index contributed by atoms with van der Waals surface area (Å²) in [7, 11) is 0. The number of carbonyl (C=O) groups is 5. The number of halogens is 2. The van der Waals surface area contributed by atoms with Crippen molar-refractivity contribution in [3.8, 4) is 6.07 Å². The predicted octanol–water partition coefficient (Wildman–Crippen LogP) is 6.58. The van der Waals surface area contributed by atoms with Gasteiger partial charge in [0.25, 0.3) is 5.91 Å². The van der Waals surface area contributed by atoms with Crippen molar-refractivity contribution in [1.29, 1.82) is 5.26 Å². The highest BCUT2D eigenvalue weighted by atomic mass is 35.5. The first-order valence-corrected chi connectivity index (χ1v) is 20.2. The summed E-state index contributed by atoms with van der Waals surface area (Å²) in [5.41, 5.74) is 0.914. The Labute approximate surface area is 339 Å². The fraction of sp³-hybridized carbons (Fsp3) is 0.550. The topological polar surface area (TPSA) is 146 Å². The second kappa shape index (κ2) is 18.1. The number of imide groups is 2. The Balaban J connectivity index is 0.00000580. The molecule has 3 atom stereocenters. The summed E-state index contributed by atoms with van der Waals surface area (Å²) in [5, 5.41) is 14.9. The number of amides is 6. The molecule has 4 aliphatic rings. The number of piperazine rings is 1. The first-order valence-electron chi connectivity index (χ1n) is 19.0. The molecule has 6 rings (SSSR count). The van der Waals surface area contributed by atoms with Gasteiger partial charge in [0, 0.05) is 48.2 Å². The summed E-state index contributed by atoms with van der Waals surface area (Å²) >= 11 is 7.26. The van der Waals surface area contributed by atoms with Crippen molar-refractivity contribution in [3.63, 3.8) is 0 Å². The molecule has 4 fully saturated rings. The van der Waals surface area contributed by atoms with Crippen LogP contribution in [0, 0.1) is 17.2 Å². The molecule has 12 nitrogen and oxygen atoms in total. The number of carbonyl (C=O) groups excluding carboxylic acids is 5. The van der Waals surface area contributed by atoms with Gasteiger partial charge in [-0.2, -0.15) is 9.57 Å². The number of hydrogen-bond acceptors (Lipinski definition) is 9. The largest absolute Gasteiger partial charge is 0.338 e. The van der Waals surface area contributed by atoms with E-state index in [0.717, 1.165) is 75.7 Å². The third kappa shape index (κ3) is 9.66. The lowest BCUT2D eigenvalue weighted by Gasteiger charge is -2.44. The van der Waals surface area contributed by atoms with E-state index < -0.39 is 5.54 Å². The van der Waals surface area contributed by atoms with Crippen molar-refractivity contribution in [1.82, 2.24) is 24.3 Å². The van der Waals surface area contributed by atoms with Crippen LogP contribution in [0.15, 0.2) is 47.4 Å². The van der Waals surface area contributed by atoms with Crippen molar-refractivity contribution in [3.05, 3.63) is 58.6 Å². The van der Waals surface area contributed by atoms with Crippen molar-refractivity contribution in [2.75, 3.05) is 31.5 Å². The van der Waals surface area contributed by atoms with Crippen LogP contribution in [-0.2, 0) is 19.2 Å². The molecule has 3 saturated heterocycles. The fourth-order valence-electron chi connectivity index (χ4n) is 8.65. The van der Waals surface area contributed by atoms with Gasteiger partial charge in [-0.3, -0.25) is 29.4 Å². The number of urea groups is 1. The highest BCUT2D eigenvalue weighted by molar-refractivity contribution is 7.98. The SMILES string of the molecule is C[C@@H]1CN(CCCC2CCC(N3C(=O)N(Sc4ccc(C#N)c(Cl)c4)C(=O)C3(C)C)CC2)C[C@H](C)N1CC(=O)Nc1ccc(C2CCC(=O)NC2=O)cc1.Cl. The van der Waals surface area contributed by atoms with E-state index >= 15 is 0 Å². The van der Waals surface area contributed by atoms with Gasteiger partial charge in [0.15, 0.2) is 0 Å². The highest BCUT2D eigenvalue weighted by Crippen LogP contribution is 2.42. The maximum absolute atomic E-state index is 13.6. The number of piperidine rings is 1. The molecule has 3 aliphatic heterocycles. The van der Waals surface area contributed by atoms with Crippen LogP contribution in [0.1, 0.15) is 96.1 Å². The monoisotopic (exact) mass is 811 g/mol.